The predicted molar refractivity (Wildman–Crippen MR) is 85.1 cm³/mol. The van der Waals surface area contributed by atoms with Crippen LogP contribution in [-0.4, -0.2) is 34.6 Å². The van der Waals surface area contributed by atoms with Crippen LogP contribution in [0.1, 0.15) is 12.7 Å². The van der Waals surface area contributed by atoms with Crippen molar-refractivity contribution >= 4 is 45.2 Å². The highest BCUT2D eigenvalue weighted by Crippen LogP contribution is 2.22. The molecule has 1 heterocycles. The third kappa shape index (κ3) is 3.20. The first-order chi connectivity index (χ1) is 9.06. The molecule has 0 amide bonds. The highest BCUT2D eigenvalue weighted by atomic mass is 127. The Kier molecular flexibility index (Phi) is 5.03. The average Bonchev–Trinajstić information content (AvgIpc) is 2.73. The summed E-state index contributed by atoms with van der Waals surface area (Å²) in [6.07, 6.45) is 0. The van der Waals surface area contributed by atoms with E-state index < -0.39 is 0 Å². The second-order valence-electron chi connectivity index (χ2n) is 4.46. The largest absolute Gasteiger partial charge is 0.326 e. The maximum atomic E-state index is 13.7. The zero-order valence-corrected chi connectivity index (χ0v) is 13.9. The van der Waals surface area contributed by atoms with Gasteiger partial charge in [-0.15, -0.1) is 11.6 Å². The van der Waals surface area contributed by atoms with E-state index in [0.717, 1.165) is 36.5 Å². The average molecular weight is 396 g/mol. The first-order valence-electron chi connectivity index (χ1n) is 6.15. The Morgan fingerprint density at radius 2 is 2.21 bits per heavy atom. The van der Waals surface area contributed by atoms with Gasteiger partial charge >= 0.3 is 0 Å². The molecule has 6 heteroatoms. The molecule has 0 spiro atoms. The minimum atomic E-state index is -0.209. The van der Waals surface area contributed by atoms with Crippen LogP contribution in [0.2, 0.25) is 0 Å². The van der Waals surface area contributed by atoms with Crippen LogP contribution in [0.25, 0.3) is 11.0 Å². The van der Waals surface area contributed by atoms with Gasteiger partial charge in [0.05, 0.1) is 20.5 Å². The van der Waals surface area contributed by atoms with Gasteiger partial charge in [-0.2, -0.15) is 0 Å². The highest BCUT2D eigenvalue weighted by molar-refractivity contribution is 14.1. The van der Waals surface area contributed by atoms with Crippen molar-refractivity contribution in [3.8, 4) is 0 Å². The summed E-state index contributed by atoms with van der Waals surface area (Å²) in [4.78, 5) is 6.68. The van der Waals surface area contributed by atoms with Gasteiger partial charge < -0.3 is 9.47 Å². The van der Waals surface area contributed by atoms with Crippen molar-refractivity contribution in [2.24, 2.45) is 0 Å². The molecule has 0 aliphatic carbocycles. The number of fused-ring (bicyclic) bond motifs is 1. The predicted octanol–water partition coefficient (Wildman–Crippen LogP) is 3.47. The van der Waals surface area contributed by atoms with Crippen LogP contribution in [-0.2, 0) is 12.4 Å². The van der Waals surface area contributed by atoms with Gasteiger partial charge in [-0.1, -0.05) is 6.92 Å². The molecular weight excluding hydrogens is 380 g/mol. The van der Waals surface area contributed by atoms with Crippen molar-refractivity contribution in [2.45, 2.75) is 19.3 Å². The maximum Gasteiger partial charge on any atom is 0.138 e. The lowest BCUT2D eigenvalue weighted by Crippen LogP contribution is -2.23. The molecular formula is C13H16ClFIN3. The lowest BCUT2D eigenvalue weighted by molar-refractivity contribution is 0.335. The van der Waals surface area contributed by atoms with Crippen LogP contribution in [0.15, 0.2) is 12.1 Å². The number of hydrogen-bond donors (Lipinski definition) is 0. The van der Waals surface area contributed by atoms with Crippen LogP contribution in [0.4, 0.5) is 4.39 Å². The van der Waals surface area contributed by atoms with Crippen LogP contribution >= 0.6 is 34.2 Å². The van der Waals surface area contributed by atoms with Crippen molar-refractivity contribution < 1.29 is 4.39 Å². The van der Waals surface area contributed by atoms with Gasteiger partial charge in [-0.05, 0) is 42.2 Å². The quantitative estimate of drug-likeness (QED) is 0.571. The van der Waals surface area contributed by atoms with E-state index in [2.05, 4.69) is 23.9 Å². The number of benzene rings is 1. The Bertz CT molecular complexity index is 585. The fraction of sp³-hybridized carbons (Fsp3) is 0.462. The molecule has 1 aromatic heterocycles. The summed E-state index contributed by atoms with van der Waals surface area (Å²) in [5.74, 6) is 0.921. The fourth-order valence-electron chi connectivity index (χ4n) is 1.95. The molecule has 0 radical (unpaired) electrons. The van der Waals surface area contributed by atoms with Crippen molar-refractivity contribution in [2.75, 3.05) is 20.1 Å². The van der Waals surface area contributed by atoms with Crippen molar-refractivity contribution in [3.63, 3.8) is 0 Å². The summed E-state index contributed by atoms with van der Waals surface area (Å²) in [5.41, 5.74) is 1.62. The molecule has 104 valence electrons. The number of alkyl halides is 1. The van der Waals surface area contributed by atoms with Gasteiger partial charge in [0.2, 0.25) is 0 Å². The van der Waals surface area contributed by atoms with Gasteiger partial charge in [0, 0.05) is 19.2 Å². The maximum absolute atomic E-state index is 13.7. The normalized spacial score (nSPS) is 11.7. The molecule has 0 aliphatic rings. The molecule has 0 fully saturated rings. The van der Waals surface area contributed by atoms with Crippen molar-refractivity contribution in [1.29, 1.82) is 0 Å². The van der Waals surface area contributed by atoms with E-state index in [9.17, 15) is 4.39 Å². The molecule has 19 heavy (non-hydrogen) atoms. The smallest absolute Gasteiger partial charge is 0.138 e. The Balaban J connectivity index is 2.42. The number of imidazole rings is 1. The van der Waals surface area contributed by atoms with Gasteiger partial charge in [-0.25, -0.2) is 9.37 Å². The van der Waals surface area contributed by atoms with Crippen molar-refractivity contribution in [3.05, 3.63) is 27.3 Å². The molecule has 2 rings (SSSR count). The van der Waals surface area contributed by atoms with E-state index in [4.69, 9.17) is 11.6 Å². The van der Waals surface area contributed by atoms with Crippen LogP contribution in [0.5, 0.6) is 0 Å². The third-order valence-electron chi connectivity index (χ3n) is 3.23. The van der Waals surface area contributed by atoms with Crippen LogP contribution < -0.4 is 0 Å². The molecule has 0 bridgehead atoms. The molecule has 0 atom stereocenters. The Morgan fingerprint density at radius 1 is 1.47 bits per heavy atom. The summed E-state index contributed by atoms with van der Waals surface area (Å²) in [7, 11) is 2.06. The van der Waals surface area contributed by atoms with E-state index in [1.165, 1.54) is 0 Å². The van der Waals surface area contributed by atoms with E-state index in [-0.39, 0.29) is 5.82 Å². The summed E-state index contributed by atoms with van der Waals surface area (Å²) < 4.78 is 16.3. The Labute approximate surface area is 130 Å². The molecule has 1 aromatic carbocycles. The lowest BCUT2D eigenvalue weighted by atomic mass is 10.3. The monoisotopic (exact) mass is 395 g/mol. The zero-order valence-electron chi connectivity index (χ0n) is 11.0. The van der Waals surface area contributed by atoms with E-state index in [1.807, 2.05) is 27.2 Å². The van der Waals surface area contributed by atoms with E-state index >= 15 is 0 Å². The number of halogens is 3. The van der Waals surface area contributed by atoms with Gasteiger partial charge in [0.1, 0.15) is 11.6 Å². The molecule has 0 saturated heterocycles. The summed E-state index contributed by atoms with van der Waals surface area (Å²) in [6, 6.07) is 3.31. The molecule has 0 N–H and O–H groups in total. The van der Waals surface area contributed by atoms with Gasteiger partial charge in [-0.3, -0.25) is 0 Å². The van der Waals surface area contributed by atoms with E-state index in [0.29, 0.717) is 9.45 Å². The standard InChI is InChI=1S/C13H16ClFIN3/c1-3-18(2)4-5-19-12-6-9(15)10(16)7-11(12)17-13(19)8-14/h6-7H,3-5,8H2,1-2H3. The highest BCUT2D eigenvalue weighted by Gasteiger charge is 2.13. The molecule has 0 aliphatic heterocycles. The fourth-order valence-corrected chi connectivity index (χ4v) is 2.61. The minimum absolute atomic E-state index is 0.209. The van der Waals surface area contributed by atoms with Crippen LogP contribution in [0.3, 0.4) is 0 Å². The zero-order chi connectivity index (χ0) is 14.0. The topological polar surface area (TPSA) is 21.1 Å². The number of hydrogen-bond acceptors (Lipinski definition) is 2. The summed E-state index contributed by atoms with van der Waals surface area (Å²) >= 11 is 7.92. The number of nitrogens with zero attached hydrogens (tertiary/aromatic N) is 3. The van der Waals surface area contributed by atoms with Gasteiger partial charge in [0.15, 0.2) is 0 Å². The van der Waals surface area contributed by atoms with Crippen LogP contribution in [0, 0.1) is 9.39 Å². The Morgan fingerprint density at radius 3 is 2.84 bits per heavy atom. The lowest BCUT2D eigenvalue weighted by Gasteiger charge is -2.15. The SMILES string of the molecule is CCN(C)CCn1c(CCl)nc2cc(I)c(F)cc21. The van der Waals surface area contributed by atoms with Gasteiger partial charge in [0.25, 0.3) is 0 Å². The molecule has 2 aromatic rings. The Hall–Kier alpha value is -0.400. The minimum Gasteiger partial charge on any atom is -0.326 e. The van der Waals surface area contributed by atoms with E-state index in [1.54, 1.807) is 12.1 Å². The second-order valence-corrected chi connectivity index (χ2v) is 5.89. The first kappa shape index (κ1) is 15.0. The summed E-state index contributed by atoms with van der Waals surface area (Å²) in [6.45, 7) is 4.74. The number of likely N-dealkylation sites (N-methyl/N-ethyl adjacent to an activating group) is 1. The number of rotatable bonds is 5. The molecule has 0 saturated carbocycles. The molecule has 3 nitrogen and oxygen atoms in total. The third-order valence-corrected chi connectivity index (χ3v) is 4.30. The summed E-state index contributed by atoms with van der Waals surface area (Å²) in [5, 5.41) is 0. The molecule has 0 unspecified atom stereocenters. The van der Waals surface area contributed by atoms with Crippen molar-refractivity contribution in [1.82, 2.24) is 14.5 Å². The first-order valence-corrected chi connectivity index (χ1v) is 7.76. The second kappa shape index (κ2) is 6.37. The number of aromatic nitrogens is 2.